The molecule has 1 N–H and O–H groups in total. The van der Waals surface area contributed by atoms with E-state index in [4.69, 9.17) is 5.26 Å². The second kappa shape index (κ2) is 7.07. The van der Waals surface area contributed by atoms with Crippen LogP contribution in [0, 0.1) is 11.3 Å². The molecule has 2 atom stereocenters. The SMILES string of the molecule is CC1CCCCN1CCCNS(=O)(=O)C(C)C#N. The molecule has 1 fully saturated rings. The van der Waals surface area contributed by atoms with E-state index in [1.165, 1.54) is 26.2 Å². The topological polar surface area (TPSA) is 73.2 Å². The molecular weight excluding hydrogens is 250 g/mol. The quantitative estimate of drug-likeness (QED) is 0.735. The first-order valence-electron chi connectivity index (χ1n) is 6.59. The number of nitriles is 1. The van der Waals surface area contributed by atoms with Crippen LogP contribution in [0.3, 0.4) is 0 Å². The number of piperidine rings is 1. The van der Waals surface area contributed by atoms with Crippen molar-refractivity contribution in [3.05, 3.63) is 0 Å². The number of rotatable bonds is 6. The Hall–Kier alpha value is -0.640. The summed E-state index contributed by atoms with van der Waals surface area (Å²) in [6.45, 7) is 6.07. The molecule has 0 aromatic heterocycles. The van der Waals surface area contributed by atoms with E-state index in [1.807, 2.05) is 0 Å². The Morgan fingerprint density at radius 1 is 1.50 bits per heavy atom. The Bertz CT molecular complexity index is 389. The zero-order chi connectivity index (χ0) is 13.6. The van der Waals surface area contributed by atoms with E-state index in [9.17, 15) is 8.42 Å². The maximum Gasteiger partial charge on any atom is 0.227 e. The Kier molecular flexibility index (Phi) is 6.06. The molecule has 0 bridgehead atoms. The van der Waals surface area contributed by atoms with Gasteiger partial charge in [0.2, 0.25) is 10.0 Å². The lowest BCUT2D eigenvalue weighted by atomic mass is 10.0. The molecule has 1 rings (SSSR count). The second-order valence-corrected chi connectivity index (χ2v) is 7.03. The summed E-state index contributed by atoms with van der Waals surface area (Å²) in [6, 6.07) is 2.35. The van der Waals surface area contributed by atoms with Gasteiger partial charge < -0.3 is 4.90 Å². The van der Waals surface area contributed by atoms with Crippen LogP contribution in [0.1, 0.15) is 39.5 Å². The van der Waals surface area contributed by atoms with Crippen LogP contribution in [-0.2, 0) is 10.0 Å². The van der Waals surface area contributed by atoms with Crippen LogP contribution in [0.25, 0.3) is 0 Å². The van der Waals surface area contributed by atoms with Crippen molar-refractivity contribution in [3.63, 3.8) is 0 Å². The van der Waals surface area contributed by atoms with Gasteiger partial charge in [-0.05, 0) is 46.2 Å². The third kappa shape index (κ3) is 4.56. The van der Waals surface area contributed by atoms with Gasteiger partial charge in [0, 0.05) is 12.6 Å². The number of hydrogen-bond donors (Lipinski definition) is 1. The molecule has 0 aromatic carbocycles. The standard InChI is InChI=1S/C12H23N3O2S/c1-11-6-3-4-8-15(11)9-5-7-14-18(16,17)12(2)10-13/h11-12,14H,3-9H2,1-2H3. The summed E-state index contributed by atoms with van der Waals surface area (Å²) in [4.78, 5) is 2.41. The van der Waals surface area contributed by atoms with Crippen molar-refractivity contribution >= 4 is 10.0 Å². The molecule has 6 heteroatoms. The molecule has 0 aliphatic carbocycles. The van der Waals surface area contributed by atoms with Gasteiger partial charge in [0.05, 0.1) is 6.07 Å². The monoisotopic (exact) mass is 273 g/mol. The summed E-state index contributed by atoms with van der Waals surface area (Å²) >= 11 is 0. The molecule has 0 spiro atoms. The first kappa shape index (κ1) is 15.4. The van der Waals surface area contributed by atoms with Crippen molar-refractivity contribution in [1.29, 1.82) is 5.26 Å². The van der Waals surface area contributed by atoms with Crippen molar-refractivity contribution in [2.45, 2.75) is 50.8 Å². The fraction of sp³-hybridized carbons (Fsp3) is 0.917. The average molecular weight is 273 g/mol. The fourth-order valence-electron chi connectivity index (χ4n) is 2.18. The van der Waals surface area contributed by atoms with Crippen LogP contribution < -0.4 is 4.72 Å². The summed E-state index contributed by atoms with van der Waals surface area (Å²) in [6.07, 6.45) is 4.56. The Labute approximate surface area is 110 Å². The lowest BCUT2D eigenvalue weighted by Gasteiger charge is -2.33. The van der Waals surface area contributed by atoms with E-state index >= 15 is 0 Å². The molecule has 0 saturated carbocycles. The fourth-order valence-corrected chi connectivity index (χ4v) is 3.00. The average Bonchev–Trinajstić information content (AvgIpc) is 2.35. The third-order valence-corrected chi connectivity index (χ3v) is 5.16. The zero-order valence-electron chi connectivity index (χ0n) is 11.2. The molecule has 1 aliphatic heterocycles. The largest absolute Gasteiger partial charge is 0.301 e. The van der Waals surface area contributed by atoms with Crippen LogP contribution in [0.2, 0.25) is 0 Å². The van der Waals surface area contributed by atoms with Gasteiger partial charge in [-0.25, -0.2) is 13.1 Å². The highest BCUT2D eigenvalue weighted by molar-refractivity contribution is 7.90. The van der Waals surface area contributed by atoms with E-state index in [0.717, 1.165) is 19.5 Å². The van der Waals surface area contributed by atoms with Gasteiger partial charge in [0.25, 0.3) is 0 Å². The number of nitrogens with one attached hydrogen (secondary N) is 1. The van der Waals surface area contributed by atoms with E-state index in [1.54, 1.807) is 6.07 Å². The van der Waals surface area contributed by atoms with Gasteiger partial charge in [-0.3, -0.25) is 0 Å². The molecule has 1 saturated heterocycles. The van der Waals surface area contributed by atoms with Crippen molar-refractivity contribution in [1.82, 2.24) is 9.62 Å². The molecule has 1 aliphatic rings. The van der Waals surface area contributed by atoms with Crippen molar-refractivity contribution in [2.75, 3.05) is 19.6 Å². The van der Waals surface area contributed by atoms with Crippen molar-refractivity contribution < 1.29 is 8.42 Å². The Morgan fingerprint density at radius 2 is 2.22 bits per heavy atom. The summed E-state index contributed by atoms with van der Waals surface area (Å²) in [7, 11) is -3.46. The van der Waals surface area contributed by atoms with E-state index in [2.05, 4.69) is 16.5 Å². The maximum atomic E-state index is 11.5. The van der Waals surface area contributed by atoms with Crippen LogP contribution in [0.4, 0.5) is 0 Å². The third-order valence-electron chi connectivity index (χ3n) is 3.51. The van der Waals surface area contributed by atoms with Crippen LogP contribution >= 0.6 is 0 Å². The Balaban J connectivity index is 2.25. The molecule has 18 heavy (non-hydrogen) atoms. The second-order valence-electron chi connectivity index (χ2n) is 4.95. The number of sulfonamides is 1. The summed E-state index contributed by atoms with van der Waals surface area (Å²) < 4.78 is 25.5. The van der Waals surface area contributed by atoms with Crippen molar-refractivity contribution in [2.24, 2.45) is 0 Å². The normalized spacial score (nSPS) is 23.5. The summed E-state index contributed by atoms with van der Waals surface area (Å²) in [5.74, 6) is 0. The minimum atomic E-state index is -3.46. The predicted octanol–water partition coefficient (Wildman–Crippen LogP) is 1.08. The molecule has 0 radical (unpaired) electrons. The predicted molar refractivity (Wildman–Crippen MR) is 71.5 cm³/mol. The first-order chi connectivity index (χ1) is 8.47. The summed E-state index contributed by atoms with van der Waals surface area (Å²) in [5.41, 5.74) is 0. The zero-order valence-corrected chi connectivity index (χ0v) is 12.0. The van der Waals surface area contributed by atoms with Gasteiger partial charge in [0.1, 0.15) is 0 Å². The van der Waals surface area contributed by atoms with E-state index in [-0.39, 0.29) is 0 Å². The van der Waals surface area contributed by atoms with Gasteiger partial charge in [-0.2, -0.15) is 5.26 Å². The highest BCUT2D eigenvalue weighted by Crippen LogP contribution is 2.16. The number of nitrogens with zero attached hydrogens (tertiary/aromatic N) is 2. The van der Waals surface area contributed by atoms with Crippen LogP contribution in [0.15, 0.2) is 0 Å². The van der Waals surface area contributed by atoms with Gasteiger partial charge >= 0.3 is 0 Å². The Morgan fingerprint density at radius 3 is 2.83 bits per heavy atom. The molecular formula is C12H23N3O2S. The molecule has 104 valence electrons. The minimum absolute atomic E-state index is 0.414. The molecule has 1 heterocycles. The van der Waals surface area contributed by atoms with Crippen molar-refractivity contribution in [3.8, 4) is 6.07 Å². The summed E-state index contributed by atoms with van der Waals surface area (Å²) in [5, 5.41) is 7.61. The van der Waals surface area contributed by atoms with Gasteiger partial charge in [-0.15, -0.1) is 0 Å². The maximum absolute atomic E-state index is 11.5. The van der Waals surface area contributed by atoms with Gasteiger partial charge in [0.15, 0.2) is 5.25 Å². The smallest absolute Gasteiger partial charge is 0.227 e. The number of likely N-dealkylation sites (tertiary alicyclic amines) is 1. The lowest BCUT2D eigenvalue weighted by molar-refractivity contribution is 0.159. The van der Waals surface area contributed by atoms with Crippen LogP contribution in [0.5, 0.6) is 0 Å². The van der Waals surface area contributed by atoms with E-state index in [0.29, 0.717) is 12.6 Å². The van der Waals surface area contributed by atoms with Gasteiger partial charge in [-0.1, -0.05) is 6.42 Å². The molecule has 5 nitrogen and oxygen atoms in total. The number of hydrogen-bond acceptors (Lipinski definition) is 4. The first-order valence-corrected chi connectivity index (χ1v) is 8.14. The van der Waals surface area contributed by atoms with Crippen LogP contribution in [-0.4, -0.2) is 44.2 Å². The molecule has 2 unspecified atom stereocenters. The highest BCUT2D eigenvalue weighted by Gasteiger charge is 2.20. The lowest BCUT2D eigenvalue weighted by Crippen LogP contribution is -2.40. The van der Waals surface area contributed by atoms with E-state index < -0.39 is 15.3 Å². The molecule has 0 aromatic rings. The minimum Gasteiger partial charge on any atom is -0.301 e. The molecule has 0 amide bonds. The highest BCUT2D eigenvalue weighted by atomic mass is 32.2.